The summed E-state index contributed by atoms with van der Waals surface area (Å²) in [6.45, 7) is 2.59. The van der Waals surface area contributed by atoms with Crippen molar-refractivity contribution in [3.63, 3.8) is 0 Å². The number of aromatic amines is 1. The largest absolute Gasteiger partial charge is 0.487 e. The van der Waals surface area contributed by atoms with Gasteiger partial charge in [0.25, 0.3) is 0 Å². The van der Waals surface area contributed by atoms with E-state index in [9.17, 15) is 4.79 Å². The zero-order valence-electron chi connectivity index (χ0n) is 11.9. The van der Waals surface area contributed by atoms with Gasteiger partial charge in [-0.05, 0) is 29.7 Å². The maximum atomic E-state index is 11.6. The van der Waals surface area contributed by atoms with Gasteiger partial charge in [-0.1, -0.05) is 43.3 Å². The summed E-state index contributed by atoms with van der Waals surface area (Å²) in [7, 11) is 0. The molecule has 0 unspecified atom stereocenters. The second-order valence-electron chi connectivity index (χ2n) is 4.96. The van der Waals surface area contributed by atoms with Crippen LogP contribution in [0.25, 0.3) is 10.9 Å². The summed E-state index contributed by atoms with van der Waals surface area (Å²) in [6.07, 6.45) is 0.918. The Labute approximate surface area is 123 Å². The zero-order chi connectivity index (χ0) is 14.7. The summed E-state index contributed by atoms with van der Waals surface area (Å²) >= 11 is 0. The van der Waals surface area contributed by atoms with Crippen LogP contribution in [-0.2, 0) is 13.0 Å². The normalized spacial score (nSPS) is 10.7. The van der Waals surface area contributed by atoms with Crippen LogP contribution in [-0.4, -0.2) is 4.98 Å². The van der Waals surface area contributed by atoms with Crippen molar-refractivity contribution in [2.45, 2.75) is 20.0 Å². The fourth-order valence-electron chi connectivity index (χ4n) is 2.45. The van der Waals surface area contributed by atoms with E-state index in [2.05, 4.69) is 18.0 Å². The Balaban J connectivity index is 1.98. The first-order chi connectivity index (χ1) is 10.3. The highest BCUT2D eigenvalue weighted by molar-refractivity contribution is 5.87. The van der Waals surface area contributed by atoms with Crippen molar-refractivity contribution in [2.75, 3.05) is 0 Å². The van der Waals surface area contributed by atoms with Crippen molar-refractivity contribution >= 4 is 10.9 Å². The average Bonchev–Trinajstić information content (AvgIpc) is 2.53. The highest BCUT2D eigenvalue weighted by Crippen LogP contribution is 2.26. The van der Waals surface area contributed by atoms with Gasteiger partial charge in [-0.2, -0.15) is 0 Å². The number of hydrogen-bond donors (Lipinski definition) is 1. The van der Waals surface area contributed by atoms with Crippen LogP contribution >= 0.6 is 0 Å². The molecule has 0 spiro atoms. The van der Waals surface area contributed by atoms with E-state index in [1.807, 2.05) is 42.5 Å². The van der Waals surface area contributed by atoms with E-state index < -0.39 is 0 Å². The molecule has 0 saturated heterocycles. The number of rotatable bonds is 4. The number of hydrogen-bond acceptors (Lipinski definition) is 2. The quantitative estimate of drug-likeness (QED) is 0.791. The Kier molecular flexibility index (Phi) is 3.73. The molecule has 3 heteroatoms. The Morgan fingerprint density at radius 2 is 1.81 bits per heavy atom. The summed E-state index contributed by atoms with van der Waals surface area (Å²) in [5.74, 6) is 0.712. The molecule has 0 aliphatic carbocycles. The van der Waals surface area contributed by atoms with Gasteiger partial charge in [0.1, 0.15) is 12.4 Å². The third kappa shape index (κ3) is 2.82. The molecule has 3 rings (SSSR count). The fourth-order valence-corrected chi connectivity index (χ4v) is 2.45. The first kappa shape index (κ1) is 13.4. The number of nitrogens with one attached hydrogen (secondary N) is 1. The molecule has 0 bridgehead atoms. The first-order valence-electron chi connectivity index (χ1n) is 7.09. The molecule has 1 heterocycles. The summed E-state index contributed by atoms with van der Waals surface area (Å²) in [4.78, 5) is 14.5. The monoisotopic (exact) mass is 279 g/mol. The number of fused-ring (bicyclic) bond motifs is 1. The van der Waals surface area contributed by atoms with Gasteiger partial charge in [-0.3, -0.25) is 4.79 Å². The molecule has 0 amide bonds. The minimum Gasteiger partial charge on any atom is -0.487 e. The lowest BCUT2D eigenvalue weighted by molar-refractivity contribution is 0.309. The van der Waals surface area contributed by atoms with Crippen molar-refractivity contribution < 1.29 is 4.74 Å². The maximum absolute atomic E-state index is 11.6. The molecule has 0 aliphatic rings. The van der Waals surface area contributed by atoms with Crippen molar-refractivity contribution in [3.05, 3.63) is 76.1 Å². The van der Waals surface area contributed by atoms with Crippen LogP contribution in [0.4, 0.5) is 0 Å². The van der Waals surface area contributed by atoms with Crippen LogP contribution in [0.15, 0.2) is 59.4 Å². The molecule has 0 radical (unpaired) electrons. The van der Waals surface area contributed by atoms with E-state index in [0.717, 1.165) is 22.9 Å². The van der Waals surface area contributed by atoms with Gasteiger partial charge in [0, 0.05) is 11.5 Å². The lowest BCUT2D eigenvalue weighted by atomic mass is 10.1. The molecule has 3 nitrogen and oxygen atoms in total. The van der Waals surface area contributed by atoms with Crippen LogP contribution < -0.4 is 10.3 Å². The molecule has 3 aromatic rings. The van der Waals surface area contributed by atoms with Gasteiger partial charge in [-0.25, -0.2) is 0 Å². The lowest BCUT2D eigenvalue weighted by Crippen LogP contribution is -2.05. The molecular weight excluding hydrogens is 262 g/mol. The predicted octanol–water partition coefficient (Wildman–Crippen LogP) is 3.67. The predicted molar refractivity (Wildman–Crippen MR) is 84.7 cm³/mol. The SMILES string of the molecule is CCc1ccc(OCc2ccccc2)c2[nH]c(=O)ccc12. The van der Waals surface area contributed by atoms with E-state index in [-0.39, 0.29) is 5.56 Å². The van der Waals surface area contributed by atoms with Crippen molar-refractivity contribution in [2.24, 2.45) is 0 Å². The molecule has 0 aliphatic heterocycles. The van der Waals surface area contributed by atoms with Crippen molar-refractivity contribution in [3.8, 4) is 5.75 Å². The van der Waals surface area contributed by atoms with E-state index in [1.54, 1.807) is 6.07 Å². The molecular formula is C18H17NO2. The van der Waals surface area contributed by atoms with Gasteiger partial charge in [0.15, 0.2) is 0 Å². The highest BCUT2D eigenvalue weighted by atomic mass is 16.5. The number of pyridine rings is 1. The van der Waals surface area contributed by atoms with Crippen molar-refractivity contribution in [1.82, 2.24) is 4.98 Å². The number of benzene rings is 2. The number of aromatic nitrogens is 1. The number of aryl methyl sites for hydroxylation is 1. The second-order valence-corrected chi connectivity index (χ2v) is 4.96. The third-order valence-corrected chi connectivity index (χ3v) is 3.57. The summed E-state index contributed by atoms with van der Waals surface area (Å²) in [5.41, 5.74) is 2.97. The van der Waals surface area contributed by atoms with E-state index in [4.69, 9.17) is 4.74 Å². The Morgan fingerprint density at radius 1 is 1.00 bits per heavy atom. The van der Waals surface area contributed by atoms with Crippen LogP contribution in [0.5, 0.6) is 5.75 Å². The minimum absolute atomic E-state index is 0.111. The molecule has 106 valence electrons. The van der Waals surface area contributed by atoms with Gasteiger partial charge in [0.05, 0.1) is 5.52 Å². The van der Waals surface area contributed by atoms with Crippen molar-refractivity contribution in [1.29, 1.82) is 0 Å². The molecule has 1 N–H and O–H groups in total. The summed E-state index contributed by atoms with van der Waals surface area (Å²) in [6, 6.07) is 17.4. The molecule has 0 saturated carbocycles. The first-order valence-corrected chi connectivity index (χ1v) is 7.09. The molecule has 0 fully saturated rings. The van der Waals surface area contributed by atoms with E-state index in [0.29, 0.717) is 12.4 Å². The smallest absolute Gasteiger partial charge is 0.248 e. The molecule has 21 heavy (non-hydrogen) atoms. The highest BCUT2D eigenvalue weighted by Gasteiger charge is 2.07. The van der Waals surface area contributed by atoms with Gasteiger partial charge >= 0.3 is 0 Å². The molecule has 0 atom stereocenters. The van der Waals surface area contributed by atoms with Crippen LogP contribution in [0.2, 0.25) is 0 Å². The minimum atomic E-state index is -0.111. The van der Waals surface area contributed by atoms with Gasteiger partial charge in [0.2, 0.25) is 5.56 Å². The topological polar surface area (TPSA) is 42.1 Å². The average molecular weight is 279 g/mol. The Hall–Kier alpha value is -2.55. The second kappa shape index (κ2) is 5.83. The Bertz CT molecular complexity index is 806. The fraction of sp³-hybridized carbons (Fsp3) is 0.167. The standard InChI is InChI=1S/C18H17NO2/c1-2-14-8-10-16(18-15(14)9-11-17(20)19-18)21-12-13-6-4-3-5-7-13/h3-11H,2,12H2,1H3,(H,19,20). The zero-order valence-corrected chi connectivity index (χ0v) is 11.9. The van der Waals surface area contributed by atoms with Crippen LogP contribution in [0.3, 0.4) is 0 Å². The van der Waals surface area contributed by atoms with Gasteiger partial charge in [-0.15, -0.1) is 0 Å². The summed E-state index contributed by atoms with van der Waals surface area (Å²) in [5, 5.41) is 1.04. The number of ether oxygens (including phenoxy) is 1. The van der Waals surface area contributed by atoms with E-state index >= 15 is 0 Å². The third-order valence-electron chi connectivity index (χ3n) is 3.57. The summed E-state index contributed by atoms with van der Waals surface area (Å²) < 4.78 is 5.89. The molecule has 2 aromatic carbocycles. The maximum Gasteiger partial charge on any atom is 0.248 e. The van der Waals surface area contributed by atoms with Gasteiger partial charge < -0.3 is 9.72 Å². The number of H-pyrrole nitrogens is 1. The van der Waals surface area contributed by atoms with E-state index in [1.165, 1.54) is 5.56 Å². The van der Waals surface area contributed by atoms with Crippen LogP contribution in [0.1, 0.15) is 18.1 Å². The Morgan fingerprint density at radius 3 is 2.57 bits per heavy atom. The molecule has 1 aromatic heterocycles. The lowest BCUT2D eigenvalue weighted by Gasteiger charge is -2.11. The van der Waals surface area contributed by atoms with Crippen LogP contribution in [0, 0.1) is 0 Å².